The first-order valence-corrected chi connectivity index (χ1v) is 11.8. The third-order valence-electron chi connectivity index (χ3n) is 7.19. The van der Waals surface area contributed by atoms with Crippen molar-refractivity contribution >= 4 is 16.9 Å². The molecule has 3 fully saturated rings. The third kappa shape index (κ3) is 5.38. The molecule has 31 heavy (non-hydrogen) atoms. The van der Waals surface area contributed by atoms with Gasteiger partial charge in [-0.2, -0.15) is 0 Å². The second-order valence-electron chi connectivity index (χ2n) is 8.75. The molecule has 5 heteroatoms. The van der Waals surface area contributed by atoms with Gasteiger partial charge in [-0.15, -0.1) is 0 Å². The molecule has 5 atom stereocenters. The van der Waals surface area contributed by atoms with Crippen LogP contribution in [0.3, 0.4) is 0 Å². The number of carbonyl (C=O) groups excluding carboxylic acids is 1. The van der Waals surface area contributed by atoms with Crippen LogP contribution in [0.25, 0.3) is 10.9 Å². The lowest BCUT2D eigenvalue weighted by Gasteiger charge is -2.52. The van der Waals surface area contributed by atoms with E-state index in [2.05, 4.69) is 28.9 Å². The molecule has 3 aliphatic rings. The van der Waals surface area contributed by atoms with Crippen LogP contribution >= 0.6 is 0 Å². The largest absolute Gasteiger partial charge is 0.497 e. The van der Waals surface area contributed by atoms with Gasteiger partial charge in [-0.05, 0) is 79.8 Å². The molecule has 2 aromatic rings. The highest BCUT2D eigenvalue weighted by atomic mass is 16.5. The van der Waals surface area contributed by atoms with Gasteiger partial charge in [-0.25, -0.2) is 0 Å². The van der Waals surface area contributed by atoms with Crippen LogP contribution in [-0.2, 0) is 16.0 Å². The molecule has 0 aliphatic carbocycles. The molecule has 5 nitrogen and oxygen atoms in total. The van der Waals surface area contributed by atoms with Gasteiger partial charge in [0, 0.05) is 30.6 Å². The van der Waals surface area contributed by atoms with Crippen molar-refractivity contribution in [2.75, 3.05) is 27.3 Å². The number of aromatic nitrogens is 1. The molecule has 0 amide bonds. The van der Waals surface area contributed by atoms with Gasteiger partial charge in [0.2, 0.25) is 0 Å². The number of nitrogens with zero attached hydrogens (tertiary/aromatic N) is 2. The Morgan fingerprint density at radius 1 is 1.26 bits per heavy atom. The minimum Gasteiger partial charge on any atom is -0.497 e. The molecule has 3 aliphatic heterocycles. The minimum absolute atomic E-state index is 0.0870. The standard InChI is InChI=1S/C24H32N2O3.C2H6/c1-16(4-7-24(27)29-3)22-15-26-11-9-18(22)13-19(26)12-17-8-10-25-23-6-5-20(28-2)14-21(17)23;1-2/h5-6,8,10,14,16,18-19,22H,4,7,9,11-13,15H2,1-3H3;1-2H3. The van der Waals surface area contributed by atoms with Crippen LogP contribution in [0.15, 0.2) is 30.5 Å². The molecule has 3 saturated heterocycles. The maximum atomic E-state index is 11.5. The van der Waals surface area contributed by atoms with Gasteiger partial charge in [-0.1, -0.05) is 20.8 Å². The number of ether oxygens (including phenoxy) is 2. The van der Waals surface area contributed by atoms with E-state index in [-0.39, 0.29) is 5.97 Å². The average molecular weight is 427 g/mol. The number of hydrogen-bond acceptors (Lipinski definition) is 5. The maximum absolute atomic E-state index is 11.5. The number of piperidine rings is 3. The highest BCUT2D eigenvalue weighted by molar-refractivity contribution is 5.83. The lowest BCUT2D eigenvalue weighted by Crippen LogP contribution is -2.55. The van der Waals surface area contributed by atoms with Crippen LogP contribution in [0, 0.1) is 17.8 Å². The van der Waals surface area contributed by atoms with E-state index >= 15 is 0 Å². The van der Waals surface area contributed by atoms with E-state index in [1.165, 1.54) is 37.4 Å². The molecule has 4 heterocycles. The quantitative estimate of drug-likeness (QED) is 0.576. The van der Waals surface area contributed by atoms with Crippen molar-refractivity contribution in [3.63, 3.8) is 0 Å². The van der Waals surface area contributed by atoms with E-state index in [1.807, 2.05) is 32.2 Å². The van der Waals surface area contributed by atoms with Crippen molar-refractivity contribution in [1.29, 1.82) is 0 Å². The number of rotatable bonds is 7. The second kappa shape index (κ2) is 10.9. The number of hydrogen-bond donors (Lipinski definition) is 0. The van der Waals surface area contributed by atoms with Crippen LogP contribution in [-0.4, -0.2) is 49.2 Å². The van der Waals surface area contributed by atoms with Crippen LogP contribution in [0.2, 0.25) is 0 Å². The van der Waals surface area contributed by atoms with Gasteiger partial charge in [-0.3, -0.25) is 14.7 Å². The summed E-state index contributed by atoms with van der Waals surface area (Å²) in [5.74, 6) is 2.82. The van der Waals surface area contributed by atoms with E-state index in [4.69, 9.17) is 9.47 Å². The molecule has 5 unspecified atom stereocenters. The lowest BCUT2D eigenvalue weighted by atomic mass is 9.69. The molecule has 0 spiro atoms. The molecule has 170 valence electrons. The number of esters is 1. The first-order chi connectivity index (χ1) is 15.1. The number of benzene rings is 1. The van der Waals surface area contributed by atoms with Crippen molar-refractivity contribution in [2.24, 2.45) is 17.8 Å². The zero-order valence-corrected chi connectivity index (χ0v) is 19.8. The van der Waals surface area contributed by atoms with Crippen molar-refractivity contribution in [3.05, 3.63) is 36.0 Å². The Morgan fingerprint density at radius 3 is 2.74 bits per heavy atom. The maximum Gasteiger partial charge on any atom is 0.305 e. The average Bonchev–Trinajstić information content (AvgIpc) is 2.83. The molecular formula is C26H38N2O3. The van der Waals surface area contributed by atoms with E-state index in [9.17, 15) is 4.79 Å². The normalized spacial score (nSPS) is 25.5. The Balaban J connectivity index is 0.00000132. The molecular weight excluding hydrogens is 388 g/mol. The summed E-state index contributed by atoms with van der Waals surface area (Å²) in [6, 6.07) is 8.90. The second-order valence-corrected chi connectivity index (χ2v) is 8.75. The SMILES string of the molecule is CC.COC(=O)CCC(C)C1CN2CCC1CC2Cc1ccnc2ccc(OC)cc12. The van der Waals surface area contributed by atoms with Crippen molar-refractivity contribution in [2.45, 2.75) is 58.9 Å². The fraction of sp³-hybridized carbons (Fsp3) is 0.615. The topological polar surface area (TPSA) is 51.7 Å². The van der Waals surface area contributed by atoms with Crippen LogP contribution in [0.5, 0.6) is 5.75 Å². The predicted molar refractivity (Wildman–Crippen MR) is 125 cm³/mol. The Kier molecular flexibility index (Phi) is 8.30. The number of methoxy groups -OCH3 is 2. The zero-order valence-electron chi connectivity index (χ0n) is 19.8. The van der Waals surface area contributed by atoms with Crippen molar-refractivity contribution < 1.29 is 14.3 Å². The summed E-state index contributed by atoms with van der Waals surface area (Å²) < 4.78 is 10.3. The smallest absolute Gasteiger partial charge is 0.305 e. The highest BCUT2D eigenvalue weighted by Crippen LogP contribution is 2.42. The Morgan fingerprint density at radius 2 is 2.06 bits per heavy atom. The number of carbonyl (C=O) groups is 1. The highest BCUT2D eigenvalue weighted by Gasteiger charge is 2.41. The fourth-order valence-electron chi connectivity index (χ4n) is 5.44. The number of fused-ring (bicyclic) bond motifs is 4. The van der Waals surface area contributed by atoms with Gasteiger partial charge < -0.3 is 9.47 Å². The van der Waals surface area contributed by atoms with Crippen molar-refractivity contribution in [3.8, 4) is 5.75 Å². The molecule has 5 rings (SSSR count). The van der Waals surface area contributed by atoms with Gasteiger partial charge in [0.15, 0.2) is 0 Å². The van der Waals surface area contributed by atoms with E-state index in [0.717, 1.165) is 36.6 Å². The van der Waals surface area contributed by atoms with Gasteiger partial charge in [0.05, 0.1) is 19.7 Å². The van der Waals surface area contributed by atoms with E-state index in [0.29, 0.717) is 24.3 Å². The summed E-state index contributed by atoms with van der Waals surface area (Å²) in [5, 5.41) is 1.21. The molecule has 0 saturated carbocycles. The van der Waals surface area contributed by atoms with E-state index < -0.39 is 0 Å². The van der Waals surface area contributed by atoms with Gasteiger partial charge in [0.25, 0.3) is 0 Å². The molecule has 2 bridgehead atoms. The molecule has 0 N–H and O–H groups in total. The Labute approximate surface area is 187 Å². The summed E-state index contributed by atoms with van der Waals surface area (Å²) in [4.78, 5) is 18.7. The molecule has 1 aromatic heterocycles. The number of pyridine rings is 1. The van der Waals surface area contributed by atoms with Crippen LogP contribution < -0.4 is 4.74 Å². The van der Waals surface area contributed by atoms with Crippen LogP contribution in [0.1, 0.15) is 52.0 Å². The fourth-order valence-corrected chi connectivity index (χ4v) is 5.44. The van der Waals surface area contributed by atoms with Crippen molar-refractivity contribution in [1.82, 2.24) is 9.88 Å². The summed E-state index contributed by atoms with van der Waals surface area (Å²) in [6.07, 6.45) is 7.00. The van der Waals surface area contributed by atoms with E-state index in [1.54, 1.807) is 7.11 Å². The van der Waals surface area contributed by atoms with Crippen LogP contribution in [0.4, 0.5) is 0 Å². The summed E-state index contributed by atoms with van der Waals surface area (Å²) in [7, 11) is 3.19. The Hall–Kier alpha value is -2.14. The minimum atomic E-state index is -0.0870. The monoisotopic (exact) mass is 426 g/mol. The van der Waals surface area contributed by atoms with Gasteiger partial charge in [0.1, 0.15) is 5.75 Å². The summed E-state index contributed by atoms with van der Waals surface area (Å²) in [6.45, 7) is 8.67. The first kappa shape index (κ1) is 23.5. The summed E-state index contributed by atoms with van der Waals surface area (Å²) in [5.41, 5.74) is 2.40. The zero-order chi connectivity index (χ0) is 22.4. The third-order valence-corrected chi connectivity index (χ3v) is 7.19. The first-order valence-electron chi connectivity index (χ1n) is 11.8. The molecule has 1 aromatic carbocycles. The summed E-state index contributed by atoms with van der Waals surface area (Å²) >= 11 is 0. The predicted octanol–water partition coefficient (Wildman–Crippen LogP) is 5.11. The lowest BCUT2D eigenvalue weighted by molar-refractivity contribution is -0.141. The Bertz CT molecular complexity index is 869. The van der Waals surface area contributed by atoms with Gasteiger partial charge >= 0.3 is 5.97 Å². The molecule has 0 radical (unpaired) electrons.